The molecule has 0 radical (unpaired) electrons. The molecule has 2 saturated heterocycles. The second kappa shape index (κ2) is 7.25. The SMILES string of the molecule is Cn1ccc(N2CCC[C@@H](NC(=O)NC[C@@H]3CCSC3)C2=O)n1. The Labute approximate surface area is 140 Å². The van der Waals surface area contributed by atoms with Crippen LogP contribution in [0.2, 0.25) is 0 Å². The van der Waals surface area contributed by atoms with E-state index in [0.717, 1.165) is 18.6 Å². The zero-order valence-electron chi connectivity index (χ0n) is 13.3. The summed E-state index contributed by atoms with van der Waals surface area (Å²) in [6, 6.07) is 1.10. The normalized spacial score (nSPS) is 24.7. The molecule has 0 aliphatic carbocycles. The minimum atomic E-state index is -0.469. The lowest BCUT2D eigenvalue weighted by Gasteiger charge is -2.31. The van der Waals surface area contributed by atoms with Crippen LogP contribution in [0.5, 0.6) is 0 Å². The Morgan fingerprint density at radius 1 is 1.48 bits per heavy atom. The lowest BCUT2D eigenvalue weighted by Crippen LogP contribution is -2.55. The number of hydrogen-bond donors (Lipinski definition) is 2. The van der Waals surface area contributed by atoms with E-state index in [4.69, 9.17) is 0 Å². The van der Waals surface area contributed by atoms with Crippen molar-refractivity contribution >= 4 is 29.5 Å². The van der Waals surface area contributed by atoms with Gasteiger partial charge in [0.2, 0.25) is 0 Å². The molecule has 2 fully saturated rings. The largest absolute Gasteiger partial charge is 0.338 e. The Morgan fingerprint density at radius 2 is 2.35 bits per heavy atom. The van der Waals surface area contributed by atoms with E-state index < -0.39 is 6.04 Å². The molecule has 0 saturated carbocycles. The van der Waals surface area contributed by atoms with Crippen molar-refractivity contribution in [3.63, 3.8) is 0 Å². The number of aryl methyl sites for hydroxylation is 1. The van der Waals surface area contributed by atoms with E-state index in [2.05, 4.69) is 15.7 Å². The van der Waals surface area contributed by atoms with Crippen LogP contribution in [0, 0.1) is 5.92 Å². The highest BCUT2D eigenvalue weighted by Gasteiger charge is 2.31. The molecule has 2 aliphatic rings. The summed E-state index contributed by atoms with van der Waals surface area (Å²) in [6.07, 6.45) is 4.49. The number of nitrogens with one attached hydrogen (secondary N) is 2. The first-order valence-corrected chi connectivity index (χ1v) is 9.22. The zero-order chi connectivity index (χ0) is 16.2. The number of piperidine rings is 1. The molecule has 126 valence electrons. The van der Waals surface area contributed by atoms with Gasteiger partial charge >= 0.3 is 6.03 Å². The summed E-state index contributed by atoms with van der Waals surface area (Å²) in [6.45, 7) is 1.33. The Kier molecular flexibility index (Phi) is 5.09. The van der Waals surface area contributed by atoms with Gasteiger partial charge in [0, 0.05) is 32.4 Å². The van der Waals surface area contributed by atoms with E-state index in [-0.39, 0.29) is 11.9 Å². The molecule has 23 heavy (non-hydrogen) atoms. The zero-order valence-corrected chi connectivity index (χ0v) is 14.1. The molecule has 2 atom stereocenters. The van der Waals surface area contributed by atoms with E-state index in [1.807, 2.05) is 31.1 Å². The third kappa shape index (κ3) is 3.99. The monoisotopic (exact) mass is 337 g/mol. The number of amides is 3. The molecule has 2 aliphatic heterocycles. The summed E-state index contributed by atoms with van der Waals surface area (Å²) in [5, 5.41) is 9.99. The van der Waals surface area contributed by atoms with Gasteiger partial charge in [-0.15, -0.1) is 0 Å². The van der Waals surface area contributed by atoms with E-state index in [9.17, 15) is 9.59 Å². The maximum atomic E-state index is 12.6. The molecule has 0 bridgehead atoms. The number of nitrogens with zero attached hydrogens (tertiary/aromatic N) is 3. The number of carbonyl (C=O) groups excluding carboxylic acids is 2. The van der Waals surface area contributed by atoms with E-state index in [1.165, 1.54) is 5.75 Å². The lowest BCUT2D eigenvalue weighted by atomic mass is 10.0. The molecular formula is C15H23N5O2S. The van der Waals surface area contributed by atoms with Crippen LogP contribution >= 0.6 is 11.8 Å². The summed E-state index contributed by atoms with van der Waals surface area (Å²) in [7, 11) is 1.82. The highest BCUT2D eigenvalue weighted by Crippen LogP contribution is 2.22. The molecule has 0 aromatic carbocycles. The average molecular weight is 337 g/mol. The molecule has 8 heteroatoms. The highest BCUT2D eigenvalue weighted by atomic mass is 32.2. The molecule has 7 nitrogen and oxygen atoms in total. The summed E-state index contributed by atoms with van der Waals surface area (Å²) in [5.41, 5.74) is 0. The van der Waals surface area contributed by atoms with Gasteiger partial charge in [0.15, 0.2) is 5.82 Å². The number of anilines is 1. The Balaban J connectivity index is 1.52. The minimum Gasteiger partial charge on any atom is -0.338 e. The maximum absolute atomic E-state index is 12.6. The Morgan fingerprint density at radius 3 is 3.04 bits per heavy atom. The number of carbonyl (C=O) groups is 2. The Hall–Kier alpha value is -1.70. The highest BCUT2D eigenvalue weighted by molar-refractivity contribution is 7.99. The predicted octanol–water partition coefficient (Wildman–Crippen LogP) is 0.968. The van der Waals surface area contributed by atoms with Crippen LogP contribution < -0.4 is 15.5 Å². The standard InChI is InChI=1S/C15H23N5O2S/c1-19-7-4-13(18-19)20-6-2-3-12(14(20)21)17-15(22)16-9-11-5-8-23-10-11/h4,7,11-12H,2-3,5-6,8-10H2,1H3,(H2,16,17,22)/t11-,12+/m0/s1. The molecule has 0 unspecified atom stereocenters. The van der Waals surface area contributed by atoms with Crippen molar-refractivity contribution in [2.45, 2.75) is 25.3 Å². The van der Waals surface area contributed by atoms with Gasteiger partial charge < -0.3 is 10.6 Å². The van der Waals surface area contributed by atoms with Crippen molar-refractivity contribution in [3.8, 4) is 0 Å². The summed E-state index contributed by atoms with van der Waals surface area (Å²) >= 11 is 1.93. The number of hydrogen-bond acceptors (Lipinski definition) is 4. The summed E-state index contributed by atoms with van der Waals surface area (Å²) in [4.78, 5) is 26.3. The molecule has 3 rings (SSSR count). The number of thioether (sulfide) groups is 1. The van der Waals surface area contributed by atoms with Gasteiger partial charge in [-0.1, -0.05) is 0 Å². The number of aromatic nitrogens is 2. The molecule has 3 amide bonds. The second-order valence-electron chi connectivity index (χ2n) is 6.12. The number of urea groups is 1. The molecule has 3 heterocycles. The maximum Gasteiger partial charge on any atom is 0.315 e. The quantitative estimate of drug-likeness (QED) is 0.858. The Bertz CT molecular complexity index is 570. The lowest BCUT2D eigenvalue weighted by molar-refractivity contribution is -0.121. The van der Waals surface area contributed by atoms with E-state index in [1.54, 1.807) is 9.58 Å². The average Bonchev–Trinajstić information content (AvgIpc) is 3.19. The van der Waals surface area contributed by atoms with Gasteiger partial charge in [0.1, 0.15) is 6.04 Å². The fourth-order valence-electron chi connectivity index (χ4n) is 2.97. The first-order valence-electron chi connectivity index (χ1n) is 8.06. The predicted molar refractivity (Wildman–Crippen MR) is 90.5 cm³/mol. The molecule has 1 aromatic rings. The van der Waals surface area contributed by atoms with Gasteiger partial charge in [-0.2, -0.15) is 16.9 Å². The van der Waals surface area contributed by atoms with Gasteiger partial charge in [0.25, 0.3) is 5.91 Å². The van der Waals surface area contributed by atoms with Crippen molar-refractivity contribution in [1.29, 1.82) is 0 Å². The fraction of sp³-hybridized carbons (Fsp3) is 0.667. The summed E-state index contributed by atoms with van der Waals surface area (Å²) < 4.78 is 1.67. The third-order valence-corrected chi connectivity index (χ3v) is 5.53. The topological polar surface area (TPSA) is 79.3 Å². The van der Waals surface area contributed by atoms with Crippen LogP contribution in [-0.4, -0.2) is 52.4 Å². The van der Waals surface area contributed by atoms with Crippen LogP contribution in [0.1, 0.15) is 19.3 Å². The van der Waals surface area contributed by atoms with Gasteiger partial charge in [-0.05, 0) is 36.7 Å². The van der Waals surface area contributed by atoms with Crippen molar-refractivity contribution < 1.29 is 9.59 Å². The molecular weight excluding hydrogens is 314 g/mol. The van der Waals surface area contributed by atoms with Gasteiger partial charge in [0.05, 0.1) is 0 Å². The van der Waals surface area contributed by atoms with Crippen LogP contribution in [0.15, 0.2) is 12.3 Å². The smallest absolute Gasteiger partial charge is 0.315 e. The van der Waals surface area contributed by atoms with Crippen molar-refractivity contribution in [2.75, 3.05) is 29.5 Å². The first-order chi connectivity index (χ1) is 11.1. The molecule has 0 spiro atoms. The van der Waals surface area contributed by atoms with Crippen LogP contribution in [0.4, 0.5) is 10.6 Å². The van der Waals surface area contributed by atoms with E-state index in [0.29, 0.717) is 31.2 Å². The van der Waals surface area contributed by atoms with Crippen LogP contribution in [0.3, 0.4) is 0 Å². The first kappa shape index (κ1) is 16.2. The minimum absolute atomic E-state index is 0.0819. The van der Waals surface area contributed by atoms with Crippen molar-refractivity contribution in [3.05, 3.63) is 12.3 Å². The van der Waals surface area contributed by atoms with Crippen LogP contribution in [-0.2, 0) is 11.8 Å². The third-order valence-electron chi connectivity index (χ3n) is 4.30. The second-order valence-corrected chi connectivity index (χ2v) is 7.27. The molecule has 1 aromatic heterocycles. The summed E-state index contributed by atoms with van der Waals surface area (Å²) in [5.74, 6) is 3.40. The van der Waals surface area contributed by atoms with Crippen molar-refractivity contribution in [2.24, 2.45) is 13.0 Å². The van der Waals surface area contributed by atoms with E-state index >= 15 is 0 Å². The van der Waals surface area contributed by atoms with Crippen LogP contribution in [0.25, 0.3) is 0 Å². The van der Waals surface area contributed by atoms with Gasteiger partial charge in [-0.3, -0.25) is 14.4 Å². The van der Waals surface area contributed by atoms with Gasteiger partial charge in [-0.25, -0.2) is 4.79 Å². The molecule has 2 N–H and O–H groups in total. The number of rotatable bonds is 4. The fourth-order valence-corrected chi connectivity index (χ4v) is 4.26. The van der Waals surface area contributed by atoms with Crippen molar-refractivity contribution in [1.82, 2.24) is 20.4 Å².